The molecule has 1 aliphatic carbocycles. The Kier molecular flexibility index (Phi) is 5.41. The number of rotatable bonds is 8. The lowest BCUT2D eigenvalue weighted by Gasteiger charge is -2.23. The maximum absolute atomic E-state index is 12.7. The Morgan fingerprint density at radius 1 is 1.38 bits per heavy atom. The molecule has 0 spiro atoms. The molecule has 1 aromatic rings. The monoisotopic (exact) mass is 311 g/mol. The highest BCUT2D eigenvalue weighted by Gasteiger charge is 2.25. The standard InChI is InChI=1S/C14H25N5OS/c1-4-7-19(9-8-18(2)3)13(20)11-12(15)17-14(21-11)16-10-5-6-10/h10H,4-9,15H2,1-3H3,(H,16,17). The molecule has 1 fully saturated rings. The van der Waals surface area contributed by atoms with Crippen molar-refractivity contribution in [1.29, 1.82) is 0 Å². The lowest BCUT2D eigenvalue weighted by Crippen LogP contribution is -2.37. The third-order valence-corrected chi connectivity index (χ3v) is 4.34. The molecule has 0 radical (unpaired) electrons. The minimum atomic E-state index is -0.00227. The van der Waals surface area contributed by atoms with Gasteiger partial charge in [0.05, 0.1) is 0 Å². The average Bonchev–Trinajstić information content (AvgIpc) is 3.15. The number of thiazole rings is 1. The molecule has 6 nitrogen and oxygen atoms in total. The van der Waals surface area contributed by atoms with Gasteiger partial charge in [-0.1, -0.05) is 18.3 Å². The first-order valence-electron chi connectivity index (χ1n) is 7.48. The van der Waals surface area contributed by atoms with Crippen LogP contribution in [0.1, 0.15) is 35.9 Å². The second-order valence-corrected chi connectivity index (χ2v) is 6.75. The molecule has 0 aromatic carbocycles. The van der Waals surface area contributed by atoms with Gasteiger partial charge >= 0.3 is 0 Å². The number of nitrogens with one attached hydrogen (secondary N) is 1. The van der Waals surface area contributed by atoms with Crippen molar-refractivity contribution in [2.24, 2.45) is 0 Å². The topological polar surface area (TPSA) is 74.5 Å². The summed E-state index contributed by atoms with van der Waals surface area (Å²) < 4.78 is 0. The van der Waals surface area contributed by atoms with E-state index in [9.17, 15) is 4.79 Å². The number of aromatic nitrogens is 1. The lowest BCUT2D eigenvalue weighted by molar-refractivity contribution is 0.0750. The molecule has 1 saturated carbocycles. The van der Waals surface area contributed by atoms with E-state index in [1.165, 1.54) is 24.2 Å². The zero-order chi connectivity index (χ0) is 15.4. The number of nitrogens with two attached hydrogens (primary N) is 1. The van der Waals surface area contributed by atoms with Crippen molar-refractivity contribution in [3.05, 3.63) is 4.88 Å². The van der Waals surface area contributed by atoms with Gasteiger partial charge in [0.2, 0.25) is 0 Å². The molecule has 0 bridgehead atoms. The van der Waals surface area contributed by atoms with Crippen molar-refractivity contribution < 1.29 is 4.79 Å². The largest absolute Gasteiger partial charge is 0.382 e. The van der Waals surface area contributed by atoms with Crippen LogP contribution >= 0.6 is 11.3 Å². The number of nitrogens with zero attached hydrogens (tertiary/aromatic N) is 3. The maximum atomic E-state index is 12.7. The molecule has 1 amide bonds. The number of likely N-dealkylation sites (N-methyl/N-ethyl adjacent to an activating group) is 1. The van der Waals surface area contributed by atoms with Gasteiger partial charge in [-0.05, 0) is 33.4 Å². The molecular formula is C14H25N5OS. The van der Waals surface area contributed by atoms with Crippen LogP contribution in [-0.2, 0) is 0 Å². The predicted molar refractivity (Wildman–Crippen MR) is 87.9 cm³/mol. The Morgan fingerprint density at radius 3 is 2.67 bits per heavy atom. The molecule has 0 atom stereocenters. The van der Waals surface area contributed by atoms with Crippen LogP contribution < -0.4 is 11.1 Å². The van der Waals surface area contributed by atoms with E-state index in [-0.39, 0.29) is 5.91 Å². The zero-order valence-electron chi connectivity index (χ0n) is 13.1. The molecule has 7 heteroatoms. The van der Waals surface area contributed by atoms with Gasteiger partial charge in [-0.25, -0.2) is 4.98 Å². The summed E-state index contributed by atoms with van der Waals surface area (Å²) in [6, 6.07) is 0.513. The second-order valence-electron chi connectivity index (χ2n) is 5.75. The average molecular weight is 311 g/mol. The smallest absolute Gasteiger partial charge is 0.267 e. The summed E-state index contributed by atoms with van der Waals surface area (Å²) in [6.45, 7) is 4.38. The first-order valence-corrected chi connectivity index (χ1v) is 8.29. The van der Waals surface area contributed by atoms with E-state index in [0.29, 0.717) is 23.3 Å². The molecule has 1 aliphatic rings. The minimum Gasteiger partial charge on any atom is -0.382 e. The van der Waals surface area contributed by atoms with Gasteiger partial charge in [0.1, 0.15) is 10.7 Å². The summed E-state index contributed by atoms with van der Waals surface area (Å²) in [5.41, 5.74) is 5.93. The molecule has 1 heterocycles. The number of hydrogen-bond donors (Lipinski definition) is 2. The Labute approximate surface area is 130 Å². The Balaban J connectivity index is 2.05. The Bertz CT molecular complexity index is 484. The van der Waals surface area contributed by atoms with Crippen LogP contribution in [0.2, 0.25) is 0 Å². The number of nitrogen functional groups attached to an aromatic ring is 1. The highest BCUT2D eigenvalue weighted by atomic mass is 32.1. The molecule has 118 valence electrons. The lowest BCUT2D eigenvalue weighted by atomic mass is 10.3. The van der Waals surface area contributed by atoms with Crippen molar-refractivity contribution in [2.45, 2.75) is 32.2 Å². The molecule has 0 aliphatic heterocycles. The quantitative estimate of drug-likeness (QED) is 0.764. The van der Waals surface area contributed by atoms with Crippen LogP contribution in [0.5, 0.6) is 0 Å². The number of carbonyl (C=O) groups excluding carboxylic acids is 1. The molecular weight excluding hydrogens is 286 g/mol. The highest BCUT2D eigenvalue weighted by Crippen LogP contribution is 2.31. The summed E-state index contributed by atoms with van der Waals surface area (Å²) in [5.74, 6) is 0.344. The number of hydrogen-bond acceptors (Lipinski definition) is 6. The Hall–Kier alpha value is -1.34. The molecule has 3 N–H and O–H groups in total. The van der Waals surface area contributed by atoms with Crippen LogP contribution in [0.25, 0.3) is 0 Å². The van der Waals surface area contributed by atoms with Crippen molar-refractivity contribution in [2.75, 3.05) is 44.8 Å². The van der Waals surface area contributed by atoms with E-state index < -0.39 is 0 Å². The number of amides is 1. The molecule has 1 aromatic heterocycles. The molecule has 2 rings (SSSR count). The molecule has 0 unspecified atom stereocenters. The van der Waals surface area contributed by atoms with E-state index in [4.69, 9.17) is 5.73 Å². The summed E-state index contributed by atoms with van der Waals surface area (Å²) in [4.78, 5) is 21.4. The van der Waals surface area contributed by atoms with Crippen LogP contribution in [0, 0.1) is 0 Å². The number of carbonyl (C=O) groups is 1. The Morgan fingerprint density at radius 2 is 2.10 bits per heavy atom. The van der Waals surface area contributed by atoms with Crippen LogP contribution in [-0.4, -0.2) is 60.5 Å². The summed E-state index contributed by atoms with van der Waals surface area (Å²) in [7, 11) is 4.01. The number of anilines is 2. The van der Waals surface area contributed by atoms with Crippen molar-refractivity contribution in [3.8, 4) is 0 Å². The first-order chi connectivity index (χ1) is 10.0. The van der Waals surface area contributed by atoms with Crippen LogP contribution in [0.15, 0.2) is 0 Å². The minimum absolute atomic E-state index is 0.00227. The fourth-order valence-electron chi connectivity index (χ4n) is 2.00. The van der Waals surface area contributed by atoms with Gasteiger partial charge < -0.3 is 20.9 Å². The third-order valence-electron chi connectivity index (χ3n) is 3.35. The van der Waals surface area contributed by atoms with E-state index in [1.807, 2.05) is 19.0 Å². The SMILES string of the molecule is CCCN(CCN(C)C)C(=O)c1sc(NC2CC2)nc1N. The van der Waals surface area contributed by atoms with E-state index >= 15 is 0 Å². The zero-order valence-corrected chi connectivity index (χ0v) is 13.9. The van der Waals surface area contributed by atoms with E-state index in [2.05, 4.69) is 22.1 Å². The second kappa shape index (κ2) is 7.09. The highest BCUT2D eigenvalue weighted by molar-refractivity contribution is 7.18. The third kappa shape index (κ3) is 4.57. The van der Waals surface area contributed by atoms with Crippen molar-refractivity contribution in [3.63, 3.8) is 0 Å². The fraction of sp³-hybridized carbons (Fsp3) is 0.714. The van der Waals surface area contributed by atoms with E-state index in [0.717, 1.165) is 24.6 Å². The normalized spacial score (nSPS) is 14.5. The fourth-order valence-corrected chi connectivity index (χ4v) is 2.93. The van der Waals surface area contributed by atoms with Crippen LogP contribution in [0.4, 0.5) is 10.9 Å². The van der Waals surface area contributed by atoms with Crippen LogP contribution in [0.3, 0.4) is 0 Å². The van der Waals surface area contributed by atoms with Gasteiger partial charge in [-0.3, -0.25) is 4.79 Å². The van der Waals surface area contributed by atoms with Crippen molar-refractivity contribution >= 4 is 28.2 Å². The molecule has 0 saturated heterocycles. The first kappa shape index (κ1) is 16.0. The van der Waals surface area contributed by atoms with Crippen molar-refractivity contribution in [1.82, 2.24) is 14.8 Å². The van der Waals surface area contributed by atoms with Gasteiger partial charge in [0.15, 0.2) is 5.13 Å². The van der Waals surface area contributed by atoms with Gasteiger partial charge in [-0.2, -0.15) is 0 Å². The van der Waals surface area contributed by atoms with Gasteiger partial charge in [0.25, 0.3) is 5.91 Å². The summed E-state index contributed by atoms with van der Waals surface area (Å²) >= 11 is 1.37. The predicted octanol–water partition coefficient (Wildman–Crippen LogP) is 1.71. The summed E-state index contributed by atoms with van der Waals surface area (Å²) in [6.07, 6.45) is 3.28. The molecule has 21 heavy (non-hydrogen) atoms. The van der Waals surface area contributed by atoms with E-state index in [1.54, 1.807) is 0 Å². The summed E-state index contributed by atoms with van der Waals surface area (Å²) in [5, 5.41) is 4.07. The van der Waals surface area contributed by atoms with Gasteiger partial charge in [0, 0.05) is 25.7 Å². The maximum Gasteiger partial charge on any atom is 0.267 e. The van der Waals surface area contributed by atoms with Gasteiger partial charge in [-0.15, -0.1) is 0 Å².